The highest BCUT2D eigenvalue weighted by Crippen LogP contribution is 2.25. The first kappa shape index (κ1) is 18.2. The van der Waals surface area contributed by atoms with Gasteiger partial charge in [-0.3, -0.25) is 9.69 Å². The van der Waals surface area contributed by atoms with Crippen molar-refractivity contribution < 1.29 is 9.53 Å². The van der Waals surface area contributed by atoms with Crippen LogP contribution in [0.5, 0.6) is 0 Å². The normalized spacial score (nSPS) is 12.7. The van der Waals surface area contributed by atoms with Gasteiger partial charge in [0.2, 0.25) is 0 Å². The Morgan fingerprint density at radius 3 is 2.18 bits per heavy atom. The predicted octanol–water partition coefficient (Wildman–Crippen LogP) is 4.13. The summed E-state index contributed by atoms with van der Waals surface area (Å²) in [5, 5.41) is 0. The molecule has 0 amide bonds. The molecule has 120 valence electrons. The third-order valence-corrected chi connectivity index (χ3v) is 3.13. The van der Waals surface area contributed by atoms with Gasteiger partial charge in [-0.05, 0) is 26.3 Å². The van der Waals surface area contributed by atoms with Gasteiger partial charge in [0, 0.05) is 19.1 Å². The Bertz CT molecular complexity index is 478. The summed E-state index contributed by atoms with van der Waals surface area (Å²) in [5.41, 5.74) is 0.622. The summed E-state index contributed by atoms with van der Waals surface area (Å²) in [4.78, 5) is 14.4. The number of carbonyl (C=O) groups is 1. The number of nitrogens with zero attached hydrogens (tertiary/aromatic N) is 1. The van der Waals surface area contributed by atoms with E-state index in [4.69, 9.17) is 4.74 Å². The van der Waals surface area contributed by atoms with Crippen LogP contribution in [0.2, 0.25) is 0 Å². The van der Waals surface area contributed by atoms with Crippen molar-refractivity contribution >= 4 is 5.97 Å². The van der Waals surface area contributed by atoms with Crippen molar-refractivity contribution in [3.05, 3.63) is 61.2 Å². The SMILES string of the molecule is C=CCN(CC=C)C(CC(=O)OC(C)(C)C)c1ccccc1. The van der Waals surface area contributed by atoms with Crippen molar-refractivity contribution in [1.29, 1.82) is 0 Å². The number of rotatable bonds is 8. The summed E-state index contributed by atoms with van der Waals surface area (Å²) in [6.07, 6.45) is 3.99. The molecule has 3 heteroatoms. The number of hydrogen-bond acceptors (Lipinski definition) is 3. The highest BCUT2D eigenvalue weighted by atomic mass is 16.6. The smallest absolute Gasteiger partial charge is 0.308 e. The molecule has 0 aromatic heterocycles. The van der Waals surface area contributed by atoms with E-state index >= 15 is 0 Å². The molecule has 0 N–H and O–H groups in total. The first-order valence-corrected chi connectivity index (χ1v) is 7.60. The summed E-state index contributed by atoms with van der Waals surface area (Å²) in [6, 6.07) is 9.96. The van der Waals surface area contributed by atoms with E-state index in [-0.39, 0.29) is 12.0 Å². The van der Waals surface area contributed by atoms with Gasteiger partial charge in [0.05, 0.1) is 6.42 Å². The molecule has 0 aliphatic rings. The molecule has 0 aliphatic heterocycles. The largest absolute Gasteiger partial charge is 0.460 e. The summed E-state index contributed by atoms with van der Waals surface area (Å²) < 4.78 is 5.48. The third kappa shape index (κ3) is 6.27. The molecule has 3 nitrogen and oxygen atoms in total. The molecule has 1 aromatic rings. The van der Waals surface area contributed by atoms with E-state index in [1.54, 1.807) is 0 Å². The fourth-order valence-corrected chi connectivity index (χ4v) is 2.33. The van der Waals surface area contributed by atoms with Crippen LogP contribution in [0.15, 0.2) is 55.6 Å². The van der Waals surface area contributed by atoms with Crippen molar-refractivity contribution in [2.24, 2.45) is 0 Å². The number of ether oxygens (including phenoxy) is 1. The van der Waals surface area contributed by atoms with E-state index in [1.807, 2.05) is 63.3 Å². The molecule has 0 spiro atoms. The topological polar surface area (TPSA) is 29.5 Å². The molecule has 22 heavy (non-hydrogen) atoms. The van der Waals surface area contributed by atoms with E-state index in [2.05, 4.69) is 18.1 Å². The highest BCUT2D eigenvalue weighted by molar-refractivity contribution is 5.71. The third-order valence-electron chi connectivity index (χ3n) is 3.13. The maximum atomic E-state index is 12.3. The zero-order chi connectivity index (χ0) is 16.6. The molecular formula is C19H27NO2. The molecule has 1 unspecified atom stereocenters. The molecule has 0 aliphatic carbocycles. The van der Waals surface area contributed by atoms with E-state index < -0.39 is 5.60 Å². The monoisotopic (exact) mass is 301 g/mol. The minimum absolute atomic E-state index is 0.0490. The number of benzene rings is 1. The summed E-state index contributed by atoms with van der Waals surface area (Å²) in [5.74, 6) is -0.195. The zero-order valence-electron chi connectivity index (χ0n) is 13.9. The Kier molecular flexibility index (Phi) is 7.06. The lowest BCUT2D eigenvalue weighted by Crippen LogP contribution is -2.33. The van der Waals surface area contributed by atoms with Gasteiger partial charge in [0.1, 0.15) is 5.60 Å². The van der Waals surface area contributed by atoms with Gasteiger partial charge < -0.3 is 4.74 Å². The van der Waals surface area contributed by atoms with Gasteiger partial charge in [0.15, 0.2) is 0 Å². The average molecular weight is 301 g/mol. The van der Waals surface area contributed by atoms with Crippen molar-refractivity contribution in [3.8, 4) is 0 Å². The lowest BCUT2D eigenvalue weighted by molar-refractivity contribution is -0.156. The standard InChI is InChI=1S/C19H27NO2/c1-6-13-20(14-7-2)17(16-11-9-8-10-12-16)15-18(21)22-19(3,4)5/h6-12,17H,1-2,13-15H2,3-5H3. The number of hydrogen-bond donors (Lipinski definition) is 0. The van der Waals surface area contributed by atoms with Crippen LogP contribution < -0.4 is 0 Å². The molecule has 0 saturated heterocycles. The first-order chi connectivity index (χ1) is 10.4. The fraction of sp³-hybridized carbons (Fsp3) is 0.421. The molecule has 1 aromatic carbocycles. The maximum Gasteiger partial charge on any atom is 0.308 e. The van der Waals surface area contributed by atoms with Gasteiger partial charge in [-0.2, -0.15) is 0 Å². The molecule has 0 fully saturated rings. The predicted molar refractivity (Wildman–Crippen MR) is 91.6 cm³/mol. The van der Waals surface area contributed by atoms with Crippen LogP contribution in [-0.4, -0.2) is 29.6 Å². The van der Waals surface area contributed by atoms with Crippen LogP contribution in [0.1, 0.15) is 38.8 Å². The second-order valence-electron chi connectivity index (χ2n) is 6.25. The summed E-state index contributed by atoms with van der Waals surface area (Å²) in [7, 11) is 0. The molecule has 1 atom stereocenters. The molecule has 1 rings (SSSR count). The molecular weight excluding hydrogens is 274 g/mol. The van der Waals surface area contributed by atoms with Gasteiger partial charge in [0.25, 0.3) is 0 Å². The molecule has 0 heterocycles. The van der Waals surface area contributed by atoms with E-state index in [9.17, 15) is 4.79 Å². The van der Waals surface area contributed by atoms with Crippen LogP contribution in [0.3, 0.4) is 0 Å². The van der Waals surface area contributed by atoms with Crippen molar-refractivity contribution in [2.75, 3.05) is 13.1 Å². The second kappa shape index (κ2) is 8.54. The van der Waals surface area contributed by atoms with Gasteiger partial charge in [-0.25, -0.2) is 0 Å². The number of esters is 1. The van der Waals surface area contributed by atoms with Crippen molar-refractivity contribution in [3.63, 3.8) is 0 Å². The van der Waals surface area contributed by atoms with Gasteiger partial charge in [-0.15, -0.1) is 13.2 Å². The fourth-order valence-electron chi connectivity index (χ4n) is 2.33. The molecule has 0 bridgehead atoms. The van der Waals surface area contributed by atoms with Crippen LogP contribution in [-0.2, 0) is 9.53 Å². The van der Waals surface area contributed by atoms with E-state index in [0.29, 0.717) is 19.5 Å². The van der Waals surface area contributed by atoms with Crippen molar-refractivity contribution in [2.45, 2.75) is 38.8 Å². The molecule has 0 radical (unpaired) electrons. The van der Waals surface area contributed by atoms with Crippen LogP contribution >= 0.6 is 0 Å². The van der Waals surface area contributed by atoms with E-state index in [0.717, 1.165) is 5.56 Å². The number of carbonyl (C=O) groups excluding carboxylic acids is 1. The quantitative estimate of drug-likeness (QED) is 0.534. The Morgan fingerprint density at radius 1 is 1.18 bits per heavy atom. The zero-order valence-corrected chi connectivity index (χ0v) is 13.9. The summed E-state index contributed by atoms with van der Waals surface area (Å²) >= 11 is 0. The Balaban J connectivity index is 2.97. The Hall–Kier alpha value is -1.87. The maximum absolute atomic E-state index is 12.3. The summed E-state index contributed by atoms with van der Waals surface area (Å²) in [6.45, 7) is 14.6. The van der Waals surface area contributed by atoms with Gasteiger partial charge in [-0.1, -0.05) is 42.5 Å². The minimum Gasteiger partial charge on any atom is -0.460 e. The van der Waals surface area contributed by atoms with Crippen LogP contribution in [0, 0.1) is 0 Å². The second-order valence-corrected chi connectivity index (χ2v) is 6.25. The lowest BCUT2D eigenvalue weighted by atomic mass is 10.0. The first-order valence-electron chi connectivity index (χ1n) is 7.60. The minimum atomic E-state index is -0.472. The highest BCUT2D eigenvalue weighted by Gasteiger charge is 2.25. The molecule has 0 saturated carbocycles. The van der Waals surface area contributed by atoms with Crippen molar-refractivity contribution in [1.82, 2.24) is 4.90 Å². The van der Waals surface area contributed by atoms with Gasteiger partial charge >= 0.3 is 5.97 Å². The van der Waals surface area contributed by atoms with Crippen LogP contribution in [0.4, 0.5) is 0 Å². The Labute approximate surface area is 134 Å². The Morgan fingerprint density at radius 2 is 1.73 bits per heavy atom. The van der Waals surface area contributed by atoms with E-state index in [1.165, 1.54) is 0 Å². The lowest BCUT2D eigenvalue weighted by Gasteiger charge is -2.31. The average Bonchev–Trinajstić information content (AvgIpc) is 2.44. The van der Waals surface area contributed by atoms with Crippen LogP contribution in [0.25, 0.3) is 0 Å².